The molecule has 2 rings (SSSR count). The Bertz CT molecular complexity index is 666. The van der Waals surface area contributed by atoms with E-state index in [1.165, 1.54) is 24.3 Å². The Morgan fingerprint density at radius 1 is 1.30 bits per heavy atom. The van der Waals surface area contributed by atoms with E-state index >= 15 is 0 Å². The van der Waals surface area contributed by atoms with E-state index in [9.17, 15) is 14.0 Å². The Morgan fingerprint density at radius 2 is 2.05 bits per heavy atom. The van der Waals surface area contributed by atoms with Crippen molar-refractivity contribution in [3.05, 3.63) is 53.2 Å². The molecule has 4 N–H and O–H groups in total. The predicted molar refractivity (Wildman–Crippen MR) is 67.6 cm³/mol. The van der Waals surface area contributed by atoms with Crippen LogP contribution in [-0.4, -0.2) is 17.0 Å². The van der Waals surface area contributed by atoms with Crippen molar-refractivity contribution in [2.45, 2.75) is 6.54 Å². The zero-order valence-corrected chi connectivity index (χ0v) is 10.2. The summed E-state index contributed by atoms with van der Waals surface area (Å²) in [5.74, 6) is -2.55. The molecule has 1 amide bonds. The Labute approximate surface area is 113 Å². The van der Waals surface area contributed by atoms with Gasteiger partial charge in [0.1, 0.15) is 11.6 Å². The number of carbonyl (C=O) groups excluding carboxylic acids is 1. The van der Waals surface area contributed by atoms with Crippen molar-refractivity contribution < 1.29 is 23.5 Å². The van der Waals surface area contributed by atoms with E-state index in [2.05, 4.69) is 5.32 Å². The first kappa shape index (κ1) is 13.6. The van der Waals surface area contributed by atoms with Crippen LogP contribution >= 0.6 is 0 Å². The van der Waals surface area contributed by atoms with Gasteiger partial charge in [0.15, 0.2) is 0 Å². The molecule has 0 radical (unpaired) electrons. The number of nitrogen functional groups attached to an aromatic ring is 1. The number of furan rings is 1. The Hall–Kier alpha value is -2.83. The fourth-order valence-corrected chi connectivity index (χ4v) is 1.57. The van der Waals surface area contributed by atoms with Crippen molar-refractivity contribution in [1.82, 2.24) is 5.32 Å². The van der Waals surface area contributed by atoms with Crippen LogP contribution in [0.5, 0.6) is 0 Å². The van der Waals surface area contributed by atoms with Crippen LogP contribution in [0.2, 0.25) is 0 Å². The second-order valence-corrected chi connectivity index (χ2v) is 3.99. The Morgan fingerprint density at radius 3 is 2.65 bits per heavy atom. The summed E-state index contributed by atoms with van der Waals surface area (Å²) in [6.45, 7) is -0.0457. The van der Waals surface area contributed by atoms with Crippen LogP contribution in [0.15, 0.2) is 34.7 Å². The molecular weight excluding hydrogens is 267 g/mol. The van der Waals surface area contributed by atoms with Crippen LogP contribution in [0.25, 0.3) is 0 Å². The highest BCUT2D eigenvalue weighted by molar-refractivity contribution is 5.94. The number of halogens is 1. The SMILES string of the molecule is Nc1ccc(C(=O)NCc2ccc(C(=O)O)o2)c(F)c1. The lowest BCUT2D eigenvalue weighted by Gasteiger charge is -2.05. The number of aromatic carboxylic acids is 1. The average Bonchev–Trinajstić information content (AvgIpc) is 2.85. The summed E-state index contributed by atoms with van der Waals surface area (Å²) in [6.07, 6.45) is 0. The second kappa shape index (κ2) is 5.43. The van der Waals surface area contributed by atoms with E-state index in [4.69, 9.17) is 15.3 Å². The molecule has 0 saturated carbocycles. The summed E-state index contributed by atoms with van der Waals surface area (Å²) in [5, 5.41) is 11.1. The van der Waals surface area contributed by atoms with Gasteiger partial charge in [-0.2, -0.15) is 0 Å². The van der Waals surface area contributed by atoms with Gasteiger partial charge in [0.05, 0.1) is 12.1 Å². The lowest BCUT2D eigenvalue weighted by atomic mass is 10.2. The third kappa shape index (κ3) is 2.94. The molecule has 0 unspecified atom stereocenters. The van der Waals surface area contributed by atoms with Crippen LogP contribution < -0.4 is 11.1 Å². The minimum Gasteiger partial charge on any atom is -0.475 e. The number of amides is 1. The van der Waals surface area contributed by atoms with Crippen molar-refractivity contribution in [2.75, 3.05) is 5.73 Å². The van der Waals surface area contributed by atoms with Crippen molar-refractivity contribution in [3.63, 3.8) is 0 Å². The number of hydrogen-bond acceptors (Lipinski definition) is 4. The summed E-state index contributed by atoms with van der Waals surface area (Å²) in [5.41, 5.74) is 5.45. The number of nitrogens with one attached hydrogen (secondary N) is 1. The lowest BCUT2D eigenvalue weighted by molar-refractivity contribution is 0.0660. The van der Waals surface area contributed by atoms with Gasteiger partial charge in [-0.3, -0.25) is 4.79 Å². The molecule has 0 spiro atoms. The number of carboxylic acid groups (broad SMARTS) is 1. The number of carboxylic acids is 1. The molecule has 20 heavy (non-hydrogen) atoms. The van der Waals surface area contributed by atoms with Gasteiger partial charge in [0, 0.05) is 5.69 Å². The van der Waals surface area contributed by atoms with Gasteiger partial charge in [-0.25, -0.2) is 9.18 Å². The van der Waals surface area contributed by atoms with Gasteiger partial charge >= 0.3 is 5.97 Å². The van der Waals surface area contributed by atoms with Crippen LogP contribution in [0.3, 0.4) is 0 Å². The number of carbonyl (C=O) groups is 2. The quantitative estimate of drug-likeness (QED) is 0.737. The molecule has 0 fully saturated rings. The summed E-state index contributed by atoms with van der Waals surface area (Å²) in [7, 11) is 0. The smallest absolute Gasteiger partial charge is 0.371 e. The molecule has 0 aliphatic rings. The van der Waals surface area contributed by atoms with E-state index in [-0.39, 0.29) is 29.3 Å². The molecule has 7 heteroatoms. The first-order valence-corrected chi connectivity index (χ1v) is 5.62. The molecule has 0 bridgehead atoms. The second-order valence-electron chi connectivity index (χ2n) is 3.99. The highest BCUT2D eigenvalue weighted by Gasteiger charge is 2.13. The van der Waals surface area contributed by atoms with E-state index < -0.39 is 17.7 Å². The lowest BCUT2D eigenvalue weighted by Crippen LogP contribution is -2.23. The number of benzene rings is 1. The normalized spacial score (nSPS) is 10.2. The zero-order chi connectivity index (χ0) is 14.7. The van der Waals surface area contributed by atoms with Crippen LogP contribution in [0.4, 0.5) is 10.1 Å². The number of nitrogens with two attached hydrogens (primary N) is 1. The third-order valence-electron chi connectivity index (χ3n) is 2.53. The molecule has 0 aliphatic heterocycles. The summed E-state index contributed by atoms with van der Waals surface area (Å²) in [6, 6.07) is 6.42. The molecule has 0 saturated heterocycles. The van der Waals surface area contributed by atoms with E-state index in [1.54, 1.807) is 0 Å². The first-order chi connectivity index (χ1) is 9.47. The highest BCUT2D eigenvalue weighted by atomic mass is 19.1. The maximum Gasteiger partial charge on any atom is 0.371 e. The van der Waals surface area contributed by atoms with Gasteiger partial charge < -0.3 is 20.6 Å². The molecule has 1 aromatic carbocycles. The maximum atomic E-state index is 13.5. The maximum absolute atomic E-state index is 13.5. The molecular formula is C13H11FN2O4. The van der Waals surface area contributed by atoms with Crippen molar-refractivity contribution in [3.8, 4) is 0 Å². The van der Waals surface area contributed by atoms with E-state index in [1.807, 2.05) is 0 Å². The molecule has 1 heterocycles. The molecule has 0 atom stereocenters. The Kier molecular flexibility index (Phi) is 3.69. The minimum atomic E-state index is -1.20. The topological polar surface area (TPSA) is 106 Å². The zero-order valence-electron chi connectivity index (χ0n) is 10.2. The number of rotatable bonds is 4. The van der Waals surface area contributed by atoms with Gasteiger partial charge in [-0.15, -0.1) is 0 Å². The van der Waals surface area contributed by atoms with Gasteiger partial charge in [-0.1, -0.05) is 0 Å². The Balaban J connectivity index is 2.02. The molecule has 1 aromatic heterocycles. The largest absolute Gasteiger partial charge is 0.475 e. The minimum absolute atomic E-state index is 0.0457. The van der Waals surface area contributed by atoms with Crippen molar-refractivity contribution in [1.29, 1.82) is 0 Å². The summed E-state index contributed by atoms with van der Waals surface area (Å²) in [4.78, 5) is 22.3. The van der Waals surface area contributed by atoms with E-state index in [0.717, 1.165) is 6.07 Å². The standard InChI is InChI=1S/C13H11FN2O4/c14-10-5-7(15)1-3-9(10)12(17)16-6-8-2-4-11(20-8)13(18)19/h1-5H,6,15H2,(H,16,17)(H,18,19). The van der Waals surface area contributed by atoms with Crippen molar-refractivity contribution >= 4 is 17.6 Å². The van der Waals surface area contributed by atoms with Gasteiger partial charge in [-0.05, 0) is 30.3 Å². The first-order valence-electron chi connectivity index (χ1n) is 5.62. The summed E-state index contributed by atoms with van der Waals surface area (Å²) < 4.78 is 18.4. The molecule has 0 aliphatic carbocycles. The fourth-order valence-electron chi connectivity index (χ4n) is 1.57. The molecule has 104 valence electrons. The number of hydrogen-bond donors (Lipinski definition) is 3. The fraction of sp³-hybridized carbons (Fsp3) is 0.0769. The van der Waals surface area contributed by atoms with E-state index in [0.29, 0.717) is 0 Å². The van der Waals surface area contributed by atoms with Crippen LogP contribution in [-0.2, 0) is 6.54 Å². The number of anilines is 1. The van der Waals surface area contributed by atoms with Crippen LogP contribution in [0.1, 0.15) is 26.7 Å². The predicted octanol–water partition coefficient (Wildman–Crippen LogP) is 1.63. The van der Waals surface area contributed by atoms with Gasteiger partial charge in [0.25, 0.3) is 5.91 Å². The summed E-state index contributed by atoms with van der Waals surface area (Å²) >= 11 is 0. The monoisotopic (exact) mass is 278 g/mol. The highest BCUT2D eigenvalue weighted by Crippen LogP contribution is 2.12. The van der Waals surface area contributed by atoms with Crippen molar-refractivity contribution in [2.24, 2.45) is 0 Å². The molecule has 2 aromatic rings. The average molecular weight is 278 g/mol. The third-order valence-corrected chi connectivity index (χ3v) is 2.53. The molecule has 6 nitrogen and oxygen atoms in total. The van der Waals surface area contributed by atoms with Gasteiger partial charge in [0.2, 0.25) is 5.76 Å². The van der Waals surface area contributed by atoms with Crippen LogP contribution in [0, 0.1) is 5.82 Å².